The van der Waals surface area contributed by atoms with Crippen molar-refractivity contribution in [2.24, 2.45) is 5.73 Å². The topological polar surface area (TPSA) is 60.9 Å². The molecule has 0 aliphatic rings. The highest BCUT2D eigenvalue weighted by Crippen LogP contribution is 2.13. The first-order valence-electron chi connectivity index (χ1n) is 5.65. The predicted octanol–water partition coefficient (Wildman–Crippen LogP) is 1.26. The summed E-state index contributed by atoms with van der Waals surface area (Å²) in [6, 6.07) is 13.1. The zero-order valence-electron chi connectivity index (χ0n) is 9.54. The Kier molecular flexibility index (Phi) is 3.67. The van der Waals surface area contributed by atoms with Crippen LogP contribution in [-0.2, 0) is 6.54 Å². The summed E-state index contributed by atoms with van der Waals surface area (Å²) in [5, 5.41) is 4.33. The molecule has 2 rings (SSSR count). The highest BCUT2D eigenvalue weighted by atomic mass is 16.1. The molecule has 1 aromatic heterocycles. The average molecular weight is 229 g/mol. The van der Waals surface area contributed by atoms with Crippen LogP contribution in [0.25, 0.3) is 11.3 Å². The van der Waals surface area contributed by atoms with Crippen LogP contribution in [0.15, 0.2) is 47.3 Å². The van der Waals surface area contributed by atoms with E-state index in [1.54, 1.807) is 12.1 Å². The summed E-state index contributed by atoms with van der Waals surface area (Å²) in [4.78, 5) is 11.6. The quantitative estimate of drug-likeness (QED) is 0.858. The monoisotopic (exact) mass is 229 g/mol. The van der Waals surface area contributed by atoms with E-state index in [1.807, 2.05) is 30.3 Å². The lowest BCUT2D eigenvalue weighted by molar-refractivity contribution is 0.556. The molecule has 4 nitrogen and oxygen atoms in total. The highest BCUT2D eigenvalue weighted by molar-refractivity contribution is 5.57. The fourth-order valence-corrected chi connectivity index (χ4v) is 1.61. The van der Waals surface area contributed by atoms with Gasteiger partial charge in [0.2, 0.25) is 0 Å². The van der Waals surface area contributed by atoms with E-state index in [-0.39, 0.29) is 5.56 Å². The van der Waals surface area contributed by atoms with E-state index < -0.39 is 0 Å². The van der Waals surface area contributed by atoms with E-state index in [9.17, 15) is 4.79 Å². The number of nitrogens with two attached hydrogens (primary N) is 1. The minimum Gasteiger partial charge on any atom is -0.330 e. The first kappa shape index (κ1) is 11.5. The molecule has 0 fully saturated rings. The Morgan fingerprint density at radius 2 is 1.88 bits per heavy atom. The van der Waals surface area contributed by atoms with Crippen molar-refractivity contribution in [1.29, 1.82) is 0 Å². The average Bonchev–Trinajstić information content (AvgIpc) is 2.39. The van der Waals surface area contributed by atoms with Gasteiger partial charge in [-0.25, -0.2) is 4.68 Å². The molecule has 0 bridgehead atoms. The lowest BCUT2D eigenvalue weighted by Gasteiger charge is -2.06. The zero-order chi connectivity index (χ0) is 12.1. The summed E-state index contributed by atoms with van der Waals surface area (Å²) in [5.41, 5.74) is 7.16. The Morgan fingerprint density at radius 1 is 1.12 bits per heavy atom. The molecule has 1 heterocycles. The number of hydrogen-bond acceptors (Lipinski definition) is 3. The van der Waals surface area contributed by atoms with Gasteiger partial charge in [0.25, 0.3) is 5.56 Å². The van der Waals surface area contributed by atoms with Crippen molar-refractivity contribution in [3.63, 3.8) is 0 Å². The summed E-state index contributed by atoms with van der Waals surface area (Å²) < 4.78 is 1.47. The van der Waals surface area contributed by atoms with Crippen LogP contribution >= 0.6 is 0 Å². The molecule has 17 heavy (non-hydrogen) atoms. The Balaban J connectivity index is 2.34. The molecule has 0 saturated carbocycles. The standard InChI is InChI=1S/C13H15N3O/c14-9-4-10-16-13(17)8-7-12(15-16)11-5-2-1-3-6-11/h1-3,5-8H,4,9-10,14H2. The maximum Gasteiger partial charge on any atom is 0.266 e. The summed E-state index contributed by atoms with van der Waals surface area (Å²) in [6.45, 7) is 1.12. The van der Waals surface area contributed by atoms with Gasteiger partial charge in [0.15, 0.2) is 0 Å². The molecule has 88 valence electrons. The second-order valence-electron chi connectivity index (χ2n) is 3.79. The van der Waals surface area contributed by atoms with Crippen LogP contribution in [0.1, 0.15) is 6.42 Å². The molecule has 1 aromatic carbocycles. The van der Waals surface area contributed by atoms with Crippen molar-refractivity contribution in [3.8, 4) is 11.3 Å². The molecule has 0 radical (unpaired) electrons. The van der Waals surface area contributed by atoms with Gasteiger partial charge in [0, 0.05) is 18.2 Å². The van der Waals surface area contributed by atoms with E-state index in [0.717, 1.165) is 17.7 Å². The second-order valence-corrected chi connectivity index (χ2v) is 3.79. The van der Waals surface area contributed by atoms with Crippen molar-refractivity contribution in [2.75, 3.05) is 6.54 Å². The summed E-state index contributed by atoms with van der Waals surface area (Å²) in [7, 11) is 0. The van der Waals surface area contributed by atoms with Crippen LogP contribution in [0.4, 0.5) is 0 Å². The molecular weight excluding hydrogens is 214 g/mol. The number of nitrogens with zero attached hydrogens (tertiary/aromatic N) is 2. The van der Waals surface area contributed by atoms with E-state index in [4.69, 9.17) is 5.73 Å². The van der Waals surface area contributed by atoms with E-state index in [1.165, 1.54) is 4.68 Å². The van der Waals surface area contributed by atoms with Gasteiger partial charge in [0.05, 0.1) is 5.69 Å². The van der Waals surface area contributed by atoms with Crippen LogP contribution < -0.4 is 11.3 Å². The van der Waals surface area contributed by atoms with Crippen molar-refractivity contribution in [1.82, 2.24) is 9.78 Å². The number of hydrogen-bond donors (Lipinski definition) is 1. The smallest absolute Gasteiger partial charge is 0.266 e. The fraction of sp³-hybridized carbons (Fsp3) is 0.231. The first-order valence-corrected chi connectivity index (χ1v) is 5.65. The molecule has 0 spiro atoms. The highest BCUT2D eigenvalue weighted by Gasteiger charge is 2.02. The van der Waals surface area contributed by atoms with Crippen LogP contribution in [0.5, 0.6) is 0 Å². The molecule has 4 heteroatoms. The number of rotatable bonds is 4. The van der Waals surface area contributed by atoms with Gasteiger partial charge >= 0.3 is 0 Å². The molecule has 0 amide bonds. The third kappa shape index (κ3) is 2.79. The van der Waals surface area contributed by atoms with E-state index >= 15 is 0 Å². The molecule has 2 aromatic rings. The third-order valence-corrected chi connectivity index (χ3v) is 2.51. The first-order chi connectivity index (χ1) is 8.31. The lowest BCUT2D eigenvalue weighted by atomic mass is 10.1. The minimum atomic E-state index is -0.0851. The van der Waals surface area contributed by atoms with Crippen LogP contribution in [0, 0.1) is 0 Å². The predicted molar refractivity (Wildman–Crippen MR) is 67.6 cm³/mol. The second kappa shape index (κ2) is 5.41. The van der Waals surface area contributed by atoms with Crippen molar-refractivity contribution >= 4 is 0 Å². The fourth-order valence-electron chi connectivity index (χ4n) is 1.61. The van der Waals surface area contributed by atoms with Crippen LogP contribution in [-0.4, -0.2) is 16.3 Å². The maximum absolute atomic E-state index is 11.6. The number of aryl methyl sites for hydroxylation is 1. The van der Waals surface area contributed by atoms with E-state index in [2.05, 4.69) is 5.10 Å². The van der Waals surface area contributed by atoms with Crippen molar-refractivity contribution in [2.45, 2.75) is 13.0 Å². The van der Waals surface area contributed by atoms with Gasteiger partial charge in [-0.3, -0.25) is 4.79 Å². The minimum absolute atomic E-state index is 0.0851. The van der Waals surface area contributed by atoms with Gasteiger partial charge < -0.3 is 5.73 Å². The maximum atomic E-state index is 11.6. The lowest BCUT2D eigenvalue weighted by Crippen LogP contribution is -2.23. The molecule has 0 aliphatic heterocycles. The SMILES string of the molecule is NCCCn1nc(-c2ccccc2)ccc1=O. The van der Waals surface area contributed by atoms with Crippen molar-refractivity contribution in [3.05, 3.63) is 52.8 Å². The Hall–Kier alpha value is -1.94. The third-order valence-electron chi connectivity index (χ3n) is 2.51. The van der Waals surface area contributed by atoms with Crippen molar-refractivity contribution < 1.29 is 0 Å². The zero-order valence-corrected chi connectivity index (χ0v) is 9.54. The number of benzene rings is 1. The Bertz CT molecular complexity index is 534. The van der Waals surface area contributed by atoms with Gasteiger partial charge in [-0.15, -0.1) is 0 Å². The molecular formula is C13H15N3O. The summed E-state index contributed by atoms with van der Waals surface area (Å²) in [6.07, 6.45) is 0.755. The van der Waals surface area contributed by atoms with Gasteiger partial charge in [-0.2, -0.15) is 5.10 Å². The Morgan fingerprint density at radius 3 is 2.59 bits per heavy atom. The summed E-state index contributed by atoms with van der Waals surface area (Å²) >= 11 is 0. The summed E-state index contributed by atoms with van der Waals surface area (Å²) in [5.74, 6) is 0. The van der Waals surface area contributed by atoms with E-state index in [0.29, 0.717) is 13.1 Å². The molecule has 2 N–H and O–H groups in total. The van der Waals surface area contributed by atoms with Crippen LogP contribution in [0.3, 0.4) is 0 Å². The molecule has 0 atom stereocenters. The normalized spacial score (nSPS) is 10.4. The van der Waals surface area contributed by atoms with Crippen LogP contribution in [0.2, 0.25) is 0 Å². The molecule has 0 unspecified atom stereocenters. The Labute approximate surface area is 99.7 Å². The molecule has 0 aliphatic carbocycles. The van der Waals surface area contributed by atoms with Gasteiger partial charge in [0.1, 0.15) is 0 Å². The molecule has 0 saturated heterocycles. The number of aromatic nitrogens is 2. The largest absolute Gasteiger partial charge is 0.330 e. The van der Waals surface area contributed by atoms with Gasteiger partial charge in [-0.05, 0) is 19.0 Å². The van der Waals surface area contributed by atoms with Gasteiger partial charge in [-0.1, -0.05) is 30.3 Å².